The Bertz CT molecular complexity index is 295. The second kappa shape index (κ2) is 5.45. The average Bonchev–Trinajstić information content (AvgIpc) is 2.31. The Morgan fingerprint density at radius 1 is 1.25 bits per heavy atom. The predicted molar refractivity (Wildman–Crippen MR) is 61.8 cm³/mol. The van der Waals surface area contributed by atoms with Crippen LogP contribution in [0.4, 0.5) is 0 Å². The normalized spacial score (nSPS) is 32.3. The van der Waals surface area contributed by atoms with Gasteiger partial charge < -0.3 is 0 Å². The molecular weight excluding hydrogens is 200 g/mol. The van der Waals surface area contributed by atoms with Gasteiger partial charge in [-0.05, 0) is 32.2 Å². The molecule has 2 fully saturated rings. The van der Waals surface area contributed by atoms with E-state index in [1.807, 2.05) is 0 Å². The fourth-order valence-electron chi connectivity index (χ4n) is 3.18. The number of likely N-dealkylation sites (tertiary alicyclic amines) is 1. The van der Waals surface area contributed by atoms with Gasteiger partial charge in [0.1, 0.15) is 5.78 Å². The van der Waals surface area contributed by atoms with Crippen molar-refractivity contribution in [3.8, 4) is 6.07 Å². The summed E-state index contributed by atoms with van der Waals surface area (Å²) < 4.78 is 0. The summed E-state index contributed by atoms with van der Waals surface area (Å²) in [6.45, 7) is 1.50. The molecule has 2 aliphatic rings. The van der Waals surface area contributed by atoms with Crippen molar-refractivity contribution in [3.05, 3.63) is 0 Å². The van der Waals surface area contributed by atoms with E-state index in [-0.39, 0.29) is 5.92 Å². The first-order chi connectivity index (χ1) is 7.83. The van der Waals surface area contributed by atoms with E-state index in [0.29, 0.717) is 18.4 Å². The zero-order valence-corrected chi connectivity index (χ0v) is 9.82. The number of nitrogens with zero attached hydrogens (tertiary/aromatic N) is 2. The van der Waals surface area contributed by atoms with Gasteiger partial charge in [-0.15, -0.1) is 0 Å². The van der Waals surface area contributed by atoms with Crippen molar-refractivity contribution in [2.24, 2.45) is 5.92 Å². The average molecular weight is 220 g/mol. The smallest absolute Gasteiger partial charge is 0.137 e. The molecule has 1 saturated carbocycles. The summed E-state index contributed by atoms with van der Waals surface area (Å²) >= 11 is 0. The lowest BCUT2D eigenvalue weighted by molar-refractivity contribution is -0.127. The summed E-state index contributed by atoms with van der Waals surface area (Å²) in [7, 11) is 0. The van der Waals surface area contributed by atoms with E-state index < -0.39 is 0 Å². The summed E-state index contributed by atoms with van der Waals surface area (Å²) in [5, 5.41) is 8.82. The van der Waals surface area contributed by atoms with Crippen molar-refractivity contribution in [3.63, 3.8) is 0 Å². The number of piperidine rings is 1. The minimum absolute atomic E-state index is 0.224. The molecule has 0 bridgehead atoms. The molecule has 1 aliphatic carbocycles. The van der Waals surface area contributed by atoms with Crippen LogP contribution in [0.3, 0.4) is 0 Å². The Morgan fingerprint density at radius 2 is 2.06 bits per heavy atom. The first kappa shape index (κ1) is 11.6. The van der Waals surface area contributed by atoms with E-state index in [1.165, 1.54) is 19.3 Å². The third-order valence-corrected chi connectivity index (χ3v) is 4.00. The zero-order chi connectivity index (χ0) is 11.4. The Hall–Kier alpha value is -0.880. The molecule has 1 heterocycles. The molecule has 0 spiro atoms. The third kappa shape index (κ3) is 2.44. The number of carbonyl (C=O) groups excluding carboxylic acids is 1. The van der Waals surface area contributed by atoms with E-state index in [4.69, 9.17) is 5.26 Å². The molecule has 2 atom stereocenters. The van der Waals surface area contributed by atoms with E-state index in [9.17, 15) is 4.79 Å². The first-order valence-corrected chi connectivity index (χ1v) is 6.46. The zero-order valence-electron chi connectivity index (χ0n) is 9.82. The van der Waals surface area contributed by atoms with Gasteiger partial charge in [0.15, 0.2) is 0 Å². The molecule has 3 heteroatoms. The number of hydrogen-bond acceptors (Lipinski definition) is 3. The number of carbonyl (C=O) groups is 1. The molecule has 3 nitrogen and oxygen atoms in total. The molecule has 88 valence electrons. The molecule has 0 aromatic carbocycles. The molecule has 0 amide bonds. The molecule has 1 aliphatic heterocycles. The van der Waals surface area contributed by atoms with Gasteiger partial charge in [-0.25, -0.2) is 0 Å². The van der Waals surface area contributed by atoms with Gasteiger partial charge in [0, 0.05) is 18.4 Å². The quantitative estimate of drug-likeness (QED) is 0.670. The first-order valence-electron chi connectivity index (χ1n) is 6.46. The van der Waals surface area contributed by atoms with Crippen molar-refractivity contribution in [1.82, 2.24) is 4.90 Å². The number of hydrogen-bond donors (Lipinski definition) is 0. The van der Waals surface area contributed by atoms with Gasteiger partial charge in [0.2, 0.25) is 0 Å². The predicted octanol–water partition coefficient (Wildman–Crippen LogP) is 2.12. The monoisotopic (exact) mass is 220 g/mol. The lowest BCUT2D eigenvalue weighted by Gasteiger charge is -2.39. The largest absolute Gasteiger partial charge is 0.299 e. The van der Waals surface area contributed by atoms with Crippen molar-refractivity contribution in [2.75, 3.05) is 13.1 Å². The highest BCUT2D eigenvalue weighted by Gasteiger charge is 2.34. The molecule has 0 radical (unpaired) electrons. The summed E-state index contributed by atoms with van der Waals surface area (Å²) in [5.74, 6) is 0.670. The maximum absolute atomic E-state index is 11.9. The van der Waals surface area contributed by atoms with Crippen molar-refractivity contribution in [2.45, 2.75) is 51.0 Å². The molecule has 0 N–H and O–H groups in total. The fraction of sp³-hybridized carbons (Fsp3) is 0.846. The van der Waals surface area contributed by atoms with Gasteiger partial charge in [-0.2, -0.15) is 5.26 Å². The summed E-state index contributed by atoms with van der Waals surface area (Å²) in [6, 6.07) is 2.60. The second-order valence-corrected chi connectivity index (χ2v) is 5.01. The Labute approximate surface area is 97.4 Å². The van der Waals surface area contributed by atoms with Crippen LogP contribution in [-0.2, 0) is 4.79 Å². The van der Waals surface area contributed by atoms with Gasteiger partial charge in [0.05, 0.1) is 12.6 Å². The van der Waals surface area contributed by atoms with E-state index in [2.05, 4.69) is 11.0 Å². The number of Topliss-reactive ketones (excluding diaryl/α,β-unsaturated/α-hetero) is 1. The van der Waals surface area contributed by atoms with Crippen LogP contribution in [0.2, 0.25) is 0 Å². The van der Waals surface area contributed by atoms with E-state index in [1.54, 1.807) is 0 Å². The summed E-state index contributed by atoms with van der Waals surface area (Å²) in [4.78, 5) is 14.2. The van der Waals surface area contributed by atoms with Crippen molar-refractivity contribution >= 4 is 5.78 Å². The van der Waals surface area contributed by atoms with Crippen molar-refractivity contribution in [1.29, 1.82) is 5.26 Å². The lowest BCUT2D eigenvalue weighted by Crippen LogP contribution is -2.47. The highest BCUT2D eigenvalue weighted by molar-refractivity contribution is 5.82. The topological polar surface area (TPSA) is 44.1 Å². The standard InChI is InChI=1S/C13H20N2O/c14-8-10-15-9-4-3-6-12(15)11-5-1-2-7-13(11)16/h11-12H,1-7,9-10H2. The van der Waals surface area contributed by atoms with Crippen LogP contribution in [0.25, 0.3) is 0 Å². The molecule has 2 rings (SSSR count). The SMILES string of the molecule is N#CCN1CCCCC1C1CCCCC1=O. The minimum atomic E-state index is 0.224. The Morgan fingerprint density at radius 3 is 2.81 bits per heavy atom. The van der Waals surface area contributed by atoms with Crippen LogP contribution in [0, 0.1) is 17.2 Å². The minimum Gasteiger partial charge on any atom is -0.299 e. The van der Waals surface area contributed by atoms with Gasteiger partial charge in [0.25, 0.3) is 0 Å². The Balaban J connectivity index is 2.04. The van der Waals surface area contributed by atoms with Crippen LogP contribution in [0.5, 0.6) is 0 Å². The van der Waals surface area contributed by atoms with Crippen LogP contribution >= 0.6 is 0 Å². The molecular formula is C13H20N2O. The highest BCUT2D eigenvalue weighted by Crippen LogP contribution is 2.31. The molecule has 1 saturated heterocycles. The summed E-state index contributed by atoms with van der Waals surface area (Å²) in [6.07, 6.45) is 7.58. The molecule has 2 unspecified atom stereocenters. The van der Waals surface area contributed by atoms with Gasteiger partial charge >= 0.3 is 0 Å². The van der Waals surface area contributed by atoms with E-state index in [0.717, 1.165) is 32.2 Å². The van der Waals surface area contributed by atoms with Crippen LogP contribution in [-0.4, -0.2) is 29.8 Å². The highest BCUT2D eigenvalue weighted by atomic mass is 16.1. The number of rotatable bonds is 2. The van der Waals surface area contributed by atoms with E-state index >= 15 is 0 Å². The molecule has 0 aromatic rings. The lowest BCUT2D eigenvalue weighted by atomic mass is 9.79. The van der Waals surface area contributed by atoms with Crippen molar-refractivity contribution < 1.29 is 4.79 Å². The van der Waals surface area contributed by atoms with Crippen LogP contribution < -0.4 is 0 Å². The molecule has 16 heavy (non-hydrogen) atoms. The Kier molecular flexibility index (Phi) is 3.95. The number of nitriles is 1. The maximum atomic E-state index is 11.9. The maximum Gasteiger partial charge on any atom is 0.137 e. The van der Waals surface area contributed by atoms with Crippen LogP contribution in [0.1, 0.15) is 44.9 Å². The van der Waals surface area contributed by atoms with Gasteiger partial charge in [-0.1, -0.05) is 12.8 Å². The van der Waals surface area contributed by atoms with Gasteiger partial charge in [-0.3, -0.25) is 9.69 Å². The fourth-order valence-corrected chi connectivity index (χ4v) is 3.18. The van der Waals surface area contributed by atoms with Crippen LogP contribution in [0.15, 0.2) is 0 Å². The molecule has 0 aromatic heterocycles. The second-order valence-electron chi connectivity index (χ2n) is 5.01. The number of ketones is 1. The summed E-state index contributed by atoms with van der Waals surface area (Å²) in [5.41, 5.74) is 0. The third-order valence-electron chi connectivity index (χ3n) is 4.00.